The Morgan fingerprint density at radius 2 is 1.90 bits per heavy atom. The van der Waals surface area contributed by atoms with Gasteiger partial charge in [-0.05, 0) is 54.2 Å². The Bertz CT molecular complexity index is 621. The molecule has 1 saturated carbocycles. The zero-order valence-electron chi connectivity index (χ0n) is 13.3. The van der Waals surface area contributed by atoms with Crippen LogP contribution in [0.2, 0.25) is 0 Å². The van der Waals surface area contributed by atoms with E-state index in [0.717, 1.165) is 17.9 Å². The minimum Gasteiger partial charge on any atom is -0.327 e. The van der Waals surface area contributed by atoms with E-state index in [1.54, 1.807) is 0 Å². The molecule has 0 saturated heterocycles. The number of pyridine rings is 1. The van der Waals surface area contributed by atoms with Crippen LogP contribution < -0.4 is 5.73 Å². The van der Waals surface area contributed by atoms with E-state index in [1.165, 1.54) is 23.8 Å². The third-order valence-corrected chi connectivity index (χ3v) is 5.21. The quantitative estimate of drug-likeness (QED) is 0.837. The molecule has 1 aromatic carbocycles. The maximum absolute atomic E-state index is 6.49. The molecule has 21 heavy (non-hydrogen) atoms. The maximum atomic E-state index is 6.49. The topological polar surface area (TPSA) is 38.9 Å². The van der Waals surface area contributed by atoms with Crippen LogP contribution in [0.1, 0.15) is 51.5 Å². The van der Waals surface area contributed by atoms with Gasteiger partial charge in [0.05, 0.1) is 5.52 Å². The van der Waals surface area contributed by atoms with Crippen LogP contribution in [0.4, 0.5) is 0 Å². The van der Waals surface area contributed by atoms with E-state index in [1.807, 2.05) is 12.3 Å². The zero-order chi connectivity index (χ0) is 15.0. The molecule has 0 bridgehead atoms. The second-order valence-electron chi connectivity index (χ2n) is 7.56. The van der Waals surface area contributed by atoms with E-state index in [4.69, 9.17) is 5.73 Å². The van der Waals surface area contributed by atoms with Gasteiger partial charge in [0.25, 0.3) is 0 Å². The largest absolute Gasteiger partial charge is 0.327 e. The summed E-state index contributed by atoms with van der Waals surface area (Å²) in [6.07, 6.45) is 5.44. The third kappa shape index (κ3) is 2.82. The minimum atomic E-state index is 0.273. The summed E-state index contributed by atoms with van der Waals surface area (Å²) in [5, 5.41) is 1.27. The van der Waals surface area contributed by atoms with Crippen LogP contribution in [-0.4, -0.2) is 11.0 Å². The molecule has 2 aromatic rings. The summed E-state index contributed by atoms with van der Waals surface area (Å²) < 4.78 is 0. The highest BCUT2D eigenvalue weighted by Crippen LogP contribution is 2.44. The van der Waals surface area contributed by atoms with Crippen LogP contribution in [-0.2, 0) is 0 Å². The molecule has 2 nitrogen and oxygen atoms in total. The lowest BCUT2D eigenvalue weighted by Gasteiger charge is -2.41. The third-order valence-electron chi connectivity index (χ3n) is 5.21. The number of benzene rings is 1. The molecular formula is C19H26N2. The highest BCUT2D eigenvalue weighted by molar-refractivity contribution is 5.82. The number of aromatic nitrogens is 1. The van der Waals surface area contributed by atoms with Crippen molar-refractivity contribution in [2.24, 2.45) is 17.1 Å². The molecule has 1 heterocycles. The summed E-state index contributed by atoms with van der Waals surface area (Å²) in [7, 11) is 0. The van der Waals surface area contributed by atoms with E-state index in [0.29, 0.717) is 11.3 Å². The molecule has 3 rings (SSSR count). The molecular weight excluding hydrogens is 256 g/mol. The van der Waals surface area contributed by atoms with E-state index in [9.17, 15) is 0 Å². The van der Waals surface area contributed by atoms with Crippen molar-refractivity contribution in [3.63, 3.8) is 0 Å². The number of rotatable bonds is 1. The van der Waals surface area contributed by atoms with Crippen LogP contribution in [0.5, 0.6) is 0 Å². The number of hydrogen-bond acceptors (Lipinski definition) is 2. The molecule has 1 aromatic heterocycles. The Morgan fingerprint density at radius 1 is 1.10 bits per heavy atom. The number of nitrogens with zero attached hydrogens (tertiary/aromatic N) is 1. The van der Waals surface area contributed by atoms with Crippen LogP contribution in [0.15, 0.2) is 36.5 Å². The lowest BCUT2D eigenvalue weighted by Crippen LogP contribution is -2.38. The maximum Gasteiger partial charge on any atom is 0.0704 e. The van der Waals surface area contributed by atoms with Crippen molar-refractivity contribution in [3.8, 4) is 0 Å². The first-order chi connectivity index (χ1) is 9.97. The Labute approximate surface area is 127 Å². The average Bonchev–Trinajstić information content (AvgIpc) is 2.46. The Morgan fingerprint density at radius 3 is 2.67 bits per heavy atom. The van der Waals surface area contributed by atoms with Gasteiger partial charge in [-0.1, -0.05) is 39.0 Å². The second kappa shape index (κ2) is 5.42. The van der Waals surface area contributed by atoms with Gasteiger partial charge in [0.1, 0.15) is 0 Å². The van der Waals surface area contributed by atoms with E-state index in [2.05, 4.69) is 50.0 Å². The molecule has 0 radical (unpaired) electrons. The van der Waals surface area contributed by atoms with Crippen molar-refractivity contribution in [2.75, 3.05) is 0 Å². The fourth-order valence-electron chi connectivity index (χ4n) is 3.79. The van der Waals surface area contributed by atoms with Crippen molar-refractivity contribution >= 4 is 10.9 Å². The molecule has 1 aliphatic carbocycles. The number of hydrogen-bond donors (Lipinski definition) is 1. The predicted molar refractivity (Wildman–Crippen MR) is 89.3 cm³/mol. The molecule has 0 spiro atoms. The van der Waals surface area contributed by atoms with Crippen molar-refractivity contribution in [3.05, 3.63) is 42.1 Å². The molecule has 2 N–H and O–H groups in total. The van der Waals surface area contributed by atoms with Crippen LogP contribution in [0, 0.1) is 11.3 Å². The smallest absolute Gasteiger partial charge is 0.0704 e. The van der Waals surface area contributed by atoms with Gasteiger partial charge in [0.15, 0.2) is 0 Å². The molecule has 1 aliphatic rings. The summed E-state index contributed by atoms with van der Waals surface area (Å²) in [6, 6.07) is 11.0. The first-order valence-corrected chi connectivity index (χ1v) is 8.06. The lowest BCUT2D eigenvalue weighted by atomic mass is 9.66. The summed E-state index contributed by atoms with van der Waals surface area (Å²) in [5.41, 5.74) is 9.32. The van der Waals surface area contributed by atoms with Crippen molar-refractivity contribution in [1.82, 2.24) is 4.98 Å². The van der Waals surface area contributed by atoms with E-state index >= 15 is 0 Å². The van der Waals surface area contributed by atoms with Gasteiger partial charge in [0, 0.05) is 17.6 Å². The van der Waals surface area contributed by atoms with Gasteiger partial charge in [0.2, 0.25) is 0 Å². The normalized spacial score (nSPS) is 27.0. The van der Waals surface area contributed by atoms with Gasteiger partial charge in [-0.15, -0.1) is 0 Å². The predicted octanol–water partition coefficient (Wildman–Crippen LogP) is 4.49. The van der Waals surface area contributed by atoms with Gasteiger partial charge in [-0.3, -0.25) is 4.98 Å². The lowest BCUT2D eigenvalue weighted by molar-refractivity contribution is 0.154. The van der Waals surface area contributed by atoms with Crippen molar-refractivity contribution < 1.29 is 0 Å². The van der Waals surface area contributed by atoms with E-state index in [-0.39, 0.29) is 6.04 Å². The summed E-state index contributed by atoms with van der Waals surface area (Å²) in [5.74, 6) is 1.20. The minimum absolute atomic E-state index is 0.273. The summed E-state index contributed by atoms with van der Waals surface area (Å²) in [6.45, 7) is 7.07. The molecule has 3 unspecified atom stereocenters. The number of fused-ring (bicyclic) bond motifs is 1. The molecule has 0 amide bonds. The SMILES string of the molecule is CC(C)(C)C1CCC(N)C(c2cccc3ncccc23)C1. The monoisotopic (exact) mass is 282 g/mol. The van der Waals surface area contributed by atoms with Crippen LogP contribution in [0.25, 0.3) is 10.9 Å². The van der Waals surface area contributed by atoms with Crippen LogP contribution in [0.3, 0.4) is 0 Å². The van der Waals surface area contributed by atoms with Gasteiger partial charge in [-0.25, -0.2) is 0 Å². The fourth-order valence-corrected chi connectivity index (χ4v) is 3.79. The molecule has 3 atom stereocenters. The summed E-state index contributed by atoms with van der Waals surface area (Å²) >= 11 is 0. The van der Waals surface area contributed by atoms with Crippen molar-refractivity contribution in [2.45, 2.75) is 52.0 Å². The molecule has 0 aliphatic heterocycles. The Balaban J connectivity index is 2.00. The highest BCUT2D eigenvalue weighted by Gasteiger charge is 2.35. The molecule has 112 valence electrons. The Hall–Kier alpha value is -1.41. The molecule has 2 heteroatoms. The number of nitrogens with two attached hydrogens (primary N) is 1. The zero-order valence-corrected chi connectivity index (χ0v) is 13.3. The van der Waals surface area contributed by atoms with Gasteiger partial charge >= 0.3 is 0 Å². The second-order valence-corrected chi connectivity index (χ2v) is 7.56. The van der Waals surface area contributed by atoms with Crippen molar-refractivity contribution in [1.29, 1.82) is 0 Å². The standard InChI is InChI=1S/C19H26N2/c1-19(2,3)13-9-10-17(20)16(12-13)14-6-4-8-18-15(14)7-5-11-21-18/h4-8,11,13,16-17H,9-10,12,20H2,1-3H3. The van der Waals surface area contributed by atoms with Gasteiger partial charge < -0.3 is 5.73 Å². The first kappa shape index (κ1) is 14.5. The average molecular weight is 282 g/mol. The first-order valence-electron chi connectivity index (χ1n) is 8.06. The van der Waals surface area contributed by atoms with Gasteiger partial charge in [-0.2, -0.15) is 0 Å². The Kier molecular flexibility index (Phi) is 3.75. The highest BCUT2D eigenvalue weighted by atomic mass is 14.7. The fraction of sp³-hybridized carbons (Fsp3) is 0.526. The van der Waals surface area contributed by atoms with Crippen LogP contribution >= 0.6 is 0 Å². The molecule has 1 fully saturated rings. The van der Waals surface area contributed by atoms with E-state index < -0.39 is 0 Å². The summed E-state index contributed by atoms with van der Waals surface area (Å²) in [4.78, 5) is 4.49.